The van der Waals surface area contributed by atoms with E-state index in [1.807, 2.05) is 18.2 Å². The summed E-state index contributed by atoms with van der Waals surface area (Å²) in [4.78, 5) is 0. The first-order valence-electron chi connectivity index (χ1n) is 11.0. The van der Waals surface area contributed by atoms with Crippen LogP contribution in [0.25, 0.3) is 11.1 Å². The van der Waals surface area contributed by atoms with Gasteiger partial charge in [-0.3, -0.25) is 0 Å². The summed E-state index contributed by atoms with van der Waals surface area (Å²) in [5, 5.41) is 11.7. The Kier molecular flexibility index (Phi) is 4.73. The standard InChI is InChI=1S/C29H28OSi/c1-21-17-19-23(20-18-21)29(30,22-11-5-4-6-12-22)31(2,3)28-26-15-9-7-13-24(26)25-14-8-10-16-27(25)28/h4-20,28,30H,1-3H3. The summed E-state index contributed by atoms with van der Waals surface area (Å²) in [6.45, 7) is 6.80. The lowest BCUT2D eigenvalue weighted by molar-refractivity contribution is 0.156. The fraction of sp³-hybridized carbons (Fsp3) is 0.172. The van der Waals surface area contributed by atoms with Crippen molar-refractivity contribution in [3.05, 3.63) is 131 Å². The minimum absolute atomic E-state index is 0.200. The molecule has 31 heavy (non-hydrogen) atoms. The second-order valence-electron chi connectivity index (χ2n) is 9.27. The fourth-order valence-corrected chi connectivity index (χ4v) is 9.82. The van der Waals surface area contributed by atoms with Gasteiger partial charge in [0.05, 0.1) is 0 Å². The van der Waals surface area contributed by atoms with Gasteiger partial charge in [-0.15, -0.1) is 0 Å². The molecule has 4 aromatic rings. The third kappa shape index (κ3) is 2.94. The van der Waals surface area contributed by atoms with Gasteiger partial charge >= 0.3 is 0 Å². The molecular weight excluding hydrogens is 392 g/mol. The zero-order valence-corrected chi connectivity index (χ0v) is 19.3. The number of rotatable bonds is 4. The van der Waals surface area contributed by atoms with Crippen molar-refractivity contribution in [3.63, 3.8) is 0 Å². The summed E-state index contributed by atoms with van der Waals surface area (Å²) in [5.41, 5.74) is 8.69. The van der Waals surface area contributed by atoms with Crippen molar-refractivity contribution in [2.75, 3.05) is 0 Å². The van der Waals surface area contributed by atoms with Gasteiger partial charge in [0.1, 0.15) is 13.3 Å². The van der Waals surface area contributed by atoms with E-state index in [4.69, 9.17) is 0 Å². The number of hydrogen-bond acceptors (Lipinski definition) is 1. The van der Waals surface area contributed by atoms with Gasteiger partial charge in [-0.25, -0.2) is 0 Å². The summed E-state index contributed by atoms with van der Waals surface area (Å²) >= 11 is 0. The van der Waals surface area contributed by atoms with Crippen LogP contribution in [0.3, 0.4) is 0 Å². The molecule has 0 radical (unpaired) electrons. The molecule has 2 heteroatoms. The molecule has 1 atom stereocenters. The van der Waals surface area contributed by atoms with E-state index >= 15 is 0 Å². The fourth-order valence-electron chi connectivity index (χ4n) is 5.53. The molecule has 5 rings (SSSR count). The molecule has 0 fully saturated rings. The van der Waals surface area contributed by atoms with E-state index in [9.17, 15) is 5.11 Å². The quantitative estimate of drug-likeness (QED) is 0.359. The monoisotopic (exact) mass is 420 g/mol. The van der Waals surface area contributed by atoms with E-state index in [1.54, 1.807) is 0 Å². The Bertz CT molecular complexity index is 1180. The Labute approximate surface area is 186 Å². The molecule has 0 aliphatic heterocycles. The van der Waals surface area contributed by atoms with E-state index in [1.165, 1.54) is 27.8 Å². The first-order chi connectivity index (χ1) is 14.9. The number of aliphatic hydroxyl groups is 1. The smallest absolute Gasteiger partial charge is 0.109 e. The third-order valence-electron chi connectivity index (χ3n) is 7.15. The maximum absolute atomic E-state index is 12.7. The van der Waals surface area contributed by atoms with Crippen LogP contribution in [0.15, 0.2) is 103 Å². The molecule has 0 amide bonds. The Balaban J connectivity index is 1.78. The topological polar surface area (TPSA) is 20.2 Å². The minimum Gasteiger partial charge on any atom is -0.384 e. The Morgan fingerprint density at radius 1 is 0.613 bits per heavy atom. The van der Waals surface area contributed by atoms with Crippen LogP contribution in [0.2, 0.25) is 13.1 Å². The van der Waals surface area contributed by atoms with Crippen LogP contribution in [-0.2, 0) is 5.22 Å². The Morgan fingerprint density at radius 3 is 1.61 bits per heavy atom. The molecule has 0 aromatic heterocycles. The highest BCUT2D eigenvalue weighted by molar-refractivity contribution is 6.82. The van der Waals surface area contributed by atoms with Crippen LogP contribution in [0, 0.1) is 6.92 Å². The van der Waals surface area contributed by atoms with Crippen molar-refractivity contribution in [1.82, 2.24) is 0 Å². The lowest BCUT2D eigenvalue weighted by Crippen LogP contribution is -2.56. The van der Waals surface area contributed by atoms with Crippen LogP contribution in [-0.4, -0.2) is 13.2 Å². The maximum Gasteiger partial charge on any atom is 0.109 e. The molecule has 1 aliphatic carbocycles. The van der Waals surface area contributed by atoms with Crippen molar-refractivity contribution in [3.8, 4) is 11.1 Å². The van der Waals surface area contributed by atoms with E-state index in [2.05, 4.69) is 105 Å². The highest BCUT2D eigenvalue weighted by Gasteiger charge is 2.55. The van der Waals surface area contributed by atoms with Gasteiger partial charge in [0.25, 0.3) is 0 Å². The summed E-state index contributed by atoms with van der Waals surface area (Å²) in [6, 6.07) is 36.2. The number of benzene rings is 4. The van der Waals surface area contributed by atoms with Gasteiger partial charge in [0, 0.05) is 5.54 Å². The molecule has 0 saturated carbocycles. The number of aryl methyl sites for hydroxylation is 1. The number of fused-ring (bicyclic) bond motifs is 3. The van der Waals surface area contributed by atoms with Gasteiger partial charge in [0.15, 0.2) is 0 Å². The van der Waals surface area contributed by atoms with Crippen molar-refractivity contribution < 1.29 is 5.11 Å². The van der Waals surface area contributed by atoms with Crippen molar-refractivity contribution >= 4 is 8.07 Å². The second-order valence-corrected chi connectivity index (χ2v) is 14.0. The van der Waals surface area contributed by atoms with E-state index in [0.717, 1.165) is 11.1 Å². The first kappa shape index (κ1) is 20.0. The van der Waals surface area contributed by atoms with Crippen molar-refractivity contribution in [2.45, 2.75) is 30.8 Å². The molecule has 0 saturated heterocycles. The Morgan fingerprint density at radius 2 is 1.06 bits per heavy atom. The predicted octanol–water partition coefficient (Wildman–Crippen LogP) is 6.83. The minimum atomic E-state index is -2.47. The highest BCUT2D eigenvalue weighted by Crippen LogP contribution is 2.54. The summed E-state index contributed by atoms with van der Waals surface area (Å²) in [5.74, 6) is 0. The highest BCUT2D eigenvalue weighted by atomic mass is 28.3. The van der Waals surface area contributed by atoms with Gasteiger partial charge in [0.2, 0.25) is 0 Å². The van der Waals surface area contributed by atoms with E-state index in [0.29, 0.717) is 0 Å². The molecule has 0 bridgehead atoms. The van der Waals surface area contributed by atoms with Crippen LogP contribution in [0.1, 0.15) is 33.4 Å². The average molecular weight is 421 g/mol. The van der Waals surface area contributed by atoms with E-state index < -0.39 is 13.3 Å². The van der Waals surface area contributed by atoms with Gasteiger partial charge in [-0.2, -0.15) is 0 Å². The van der Waals surface area contributed by atoms with Crippen LogP contribution in [0.5, 0.6) is 0 Å². The predicted molar refractivity (Wildman–Crippen MR) is 132 cm³/mol. The van der Waals surface area contributed by atoms with Gasteiger partial charge < -0.3 is 5.11 Å². The lowest BCUT2D eigenvalue weighted by Gasteiger charge is -2.46. The zero-order valence-electron chi connectivity index (χ0n) is 18.3. The average Bonchev–Trinajstić information content (AvgIpc) is 3.15. The molecule has 1 aliphatic rings. The SMILES string of the molecule is Cc1ccc(C(O)(c2ccccc2)[Si](C)(C)C2c3ccccc3-c3ccccc32)cc1. The molecule has 1 unspecified atom stereocenters. The second kappa shape index (κ2) is 7.33. The van der Waals surface area contributed by atoms with Crippen molar-refractivity contribution in [2.24, 2.45) is 0 Å². The summed E-state index contributed by atoms with van der Waals surface area (Å²) < 4.78 is 0. The molecule has 4 aromatic carbocycles. The van der Waals surface area contributed by atoms with Crippen molar-refractivity contribution in [1.29, 1.82) is 0 Å². The summed E-state index contributed by atoms with van der Waals surface area (Å²) in [7, 11) is -2.47. The van der Waals surface area contributed by atoms with Gasteiger partial charge in [-0.1, -0.05) is 122 Å². The first-order valence-corrected chi connectivity index (χ1v) is 14.1. The lowest BCUT2D eigenvalue weighted by atomic mass is 9.99. The van der Waals surface area contributed by atoms with E-state index in [-0.39, 0.29) is 5.54 Å². The van der Waals surface area contributed by atoms with Crippen LogP contribution >= 0.6 is 0 Å². The molecule has 154 valence electrons. The molecule has 1 nitrogen and oxygen atoms in total. The molecule has 0 heterocycles. The van der Waals surface area contributed by atoms with Gasteiger partial charge in [-0.05, 0) is 40.3 Å². The maximum atomic E-state index is 12.7. The Hall–Kier alpha value is -2.94. The zero-order chi connectivity index (χ0) is 21.6. The largest absolute Gasteiger partial charge is 0.384 e. The number of hydrogen-bond donors (Lipinski definition) is 1. The normalized spacial score (nSPS) is 15.2. The van der Waals surface area contributed by atoms with Crippen LogP contribution in [0.4, 0.5) is 0 Å². The molecular formula is C29H28OSi. The third-order valence-corrected chi connectivity index (χ3v) is 11.7. The molecule has 1 N–H and O–H groups in total. The summed E-state index contributed by atoms with van der Waals surface area (Å²) in [6.07, 6.45) is 0. The van der Waals surface area contributed by atoms with Crippen LogP contribution < -0.4 is 0 Å². The molecule has 0 spiro atoms.